The summed E-state index contributed by atoms with van der Waals surface area (Å²) in [5.74, 6) is -0.483. The van der Waals surface area contributed by atoms with Crippen LogP contribution < -0.4 is 4.52 Å². The van der Waals surface area contributed by atoms with E-state index in [-0.39, 0.29) is 47.0 Å². The lowest BCUT2D eigenvalue weighted by Crippen LogP contribution is -2.25. The van der Waals surface area contributed by atoms with E-state index in [0.717, 1.165) is 25.0 Å². The Bertz CT molecular complexity index is 2190. The molecule has 1 heterocycles. The summed E-state index contributed by atoms with van der Waals surface area (Å²) in [6.45, 7) is 0. The van der Waals surface area contributed by atoms with Crippen molar-refractivity contribution in [3.05, 3.63) is 67.0 Å². The fourth-order valence-corrected chi connectivity index (χ4v) is 8.41. The predicted molar refractivity (Wildman–Crippen MR) is 170 cm³/mol. The van der Waals surface area contributed by atoms with Crippen LogP contribution >= 0.6 is 7.82 Å². The van der Waals surface area contributed by atoms with Crippen molar-refractivity contribution in [3.63, 3.8) is 0 Å². The highest BCUT2D eigenvalue weighted by molar-refractivity contribution is 7.90. The molecule has 0 unspecified atom stereocenters. The largest absolute Gasteiger partial charge is 0.524 e. The maximum absolute atomic E-state index is 13.4. The Morgan fingerprint density at radius 2 is 0.956 bits per heavy atom. The van der Waals surface area contributed by atoms with Crippen LogP contribution in [-0.4, -0.2) is 95.2 Å². The Hall–Kier alpha value is -3.25. The van der Waals surface area contributed by atoms with Crippen LogP contribution in [0.2, 0.25) is 0 Å². The first-order valence-corrected chi connectivity index (χ1v) is 18.7. The van der Waals surface area contributed by atoms with Crippen molar-refractivity contribution in [3.8, 4) is 5.75 Å². The maximum atomic E-state index is 13.4. The zero-order valence-electron chi connectivity index (χ0n) is 25.0. The molecule has 0 saturated heterocycles. The van der Waals surface area contributed by atoms with Crippen LogP contribution in [0.15, 0.2) is 81.7 Å². The van der Waals surface area contributed by atoms with Gasteiger partial charge in [0.1, 0.15) is 5.75 Å². The fourth-order valence-electron chi connectivity index (χ4n) is 4.61. The first-order chi connectivity index (χ1) is 20.7. The maximum Gasteiger partial charge on any atom is 0.524 e. The number of hydrogen-bond acceptors (Lipinski definition) is 9. The van der Waals surface area contributed by atoms with Crippen molar-refractivity contribution in [1.82, 2.24) is 17.9 Å². The van der Waals surface area contributed by atoms with E-state index in [9.17, 15) is 39.6 Å². The second kappa shape index (κ2) is 12.2. The van der Waals surface area contributed by atoms with Crippen molar-refractivity contribution in [1.29, 1.82) is 0 Å². The Kier molecular flexibility index (Phi) is 9.36. The van der Waals surface area contributed by atoms with Crippen LogP contribution in [0.3, 0.4) is 0 Å². The number of nitrogens with zero attached hydrogens (tertiary/aromatic N) is 4. The quantitative estimate of drug-likeness (QED) is 0.179. The van der Waals surface area contributed by atoms with Gasteiger partial charge >= 0.3 is 7.82 Å². The summed E-state index contributed by atoms with van der Waals surface area (Å²) in [7, 11) is -10.2. The predicted octanol–water partition coefficient (Wildman–Crippen LogP) is 2.89. The molecule has 0 fully saturated rings. The third kappa shape index (κ3) is 6.40. The van der Waals surface area contributed by atoms with E-state index in [2.05, 4.69) is 4.98 Å². The van der Waals surface area contributed by atoms with E-state index in [1.165, 1.54) is 66.6 Å². The van der Waals surface area contributed by atoms with Crippen molar-refractivity contribution in [2.45, 2.75) is 14.7 Å². The third-order valence-electron chi connectivity index (χ3n) is 6.81. The number of sulfonamides is 3. The van der Waals surface area contributed by atoms with Crippen LogP contribution in [0.1, 0.15) is 0 Å². The molecular weight excluding hydrogens is 667 g/mol. The standard InChI is InChI=1S/C22H26N3O10PS3.C5H5N/c1-23(2)37(29,30)18-11-17(35-36(26,27)28)13-7-8-15-19(38(31,32)24(3)4)12-20(39(33,34)25(5)6)16-10-9-14(18)21(13)22(15)16;1-2-4-6-5-3-1/h7-12H,1-6H3,(H2,26,27,28);1-5H. The van der Waals surface area contributed by atoms with Gasteiger partial charge in [-0.05, 0) is 24.3 Å². The lowest BCUT2D eigenvalue weighted by atomic mass is 9.94. The van der Waals surface area contributed by atoms with E-state index in [1.54, 1.807) is 12.4 Å². The number of hydrogen-bond donors (Lipinski definition) is 2. The molecule has 1 aromatic heterocycles. The van der Waals surface area contributed by atoms with Crippen LogP contribution in [0.5, 0.6) is 5.75 Å². The minimum atomic E-state index is -5.19. The zero-order valence-corrected chi connectivity index (χ0v) is 28.3. The average Bonchev–Trinajstić information content (AvgIpc) is 2.96. The van der Waals surface area contributed by atoms with Crippen molar-refractivity contribution >= 4 is 70.2 Å². The molecule has 0 atom stereocenters. The highest BCUT2D eigenvalue weighted by Gasteiger charge is 2.32. The van der Waals surface area contributed by atoms with Crippen LogP contribution in [0.25, 0.3) is 32.3 Å². The number of benzene rings is 4. The van der Waals surface area contributed by atoms with Gasteiger partial charge in [0.25, 0.3) is 0 Å². The molecule has 2 N–H and O–H groups in total. The molecule has 242 valence electrons. The summed E-state index contributed by atoms with van der Waals surface area (Å²) < 4.78 is 99.5. The number of rotatable bonds is 8. The normalized spacial score (nSPS) is 13.2. The van der Waals surface area contributed by atoms with Gasteiger partial charge in [0.05, 0.1) is 14.7 Å². The van der Waals surface area contributed by atoms with Crippen LogP contribution in [0, 0.1) is 0 Å². The Balaban J connectivity index is 0.000000687. The Morgan fingerprint density at radius 1 is 0.600 bits per heavy atom. The first kappa shape index (κ1) is 34.6. The topological polar surface area (TPSA) is 192 Å². The van der Waals surface area contributed by atoms with Crippen molar-refractivity contribution in [2.24, 2.45) is 0 Å². The van der Waals surface area contributed by atoms with E-state index >= 15 is 0 Å². The van der Waals surface area contributed by atoms with E-state index in [0.29, 0.717) is 0 Å². The first-order valence-electron chi connectivity index (χ1n) is 12.9. The fraction of sp³-hybridized carbons (Fsp3) is 0.222. The molecule has 0 bridgehead atoms. The lowest BCUT2D eigenvalue weighted by molar-refractivity contribution is 0.284. The molecule has 0 aliphatic heterocycles. The molecule has 0 amide bonds. The van der Waals surface area contributed by atoms with Gasteiger partial charge in [-0.2, -0.15) is 0 Å². The van der Waals surface area contributed by atoms with E-state index < -0.39 is 43.6 Å². The summed E-state index contributed by atoms with van der Waals surface area (Å²) in [5, 5.41) is 0.397. The number of pyridine rings is 1. The molecule has 5 rings (SSSR count). The van der Waals surface area contributed by atoms with E-state index in [1.807, 2.05) is 18.2 Å². The molecule has 0 aliphatic carbocycles. The second-order valence-electron chi connectivity index (χ2n) is 10.3. The smallest absolute Gasteiger partial charge is 0.404 e. The highest BCUT2D eigenvalue weighted by Crippen LogP contribution is 2.49. The molecule has 0 aliphatic rings. The van der Waals surface area contributed by atoms with Gasteiger partial charge in [-0.25, -0.2) is 42.7 Å². The summed E-state index contributed by atoms with van der Waals surface area (Å²) in [5.41, 5.74) is 0. The minimum absolute atomic E-state index is 0.0386. The van der Waals surface area contributed by atoms with Gasteiger partial charge in [0.2, 0.25) is 30.1 Å². The number of phosphoric acid groups is 1. The summed E-state index contributed by atoms with van der Waals surface area (Å²) >= 11 is 0. The van der Waals surface area contributed by atoms with Gasteiger partial charge in [-0.1, -0.05) is 24.3 Å². The summed E-state index contributed by atoms with van der Waals surface area (Å²) in [6, 6.07) is 13.2. The second-order valence-corrected chi connectivity index (χ2v) is 17.8. The monoisotopic (exact) mass is 698 g/mol. The Morgan fingerprint density at radius 3 is 1.27 bits per heavy atom. The molecular formula is C27H31N4O10PS3. The summed E-state index contributed by atoms with van der Waals surface area (Å²) in [6.07, 6.45) is 3.50. The van der Waals surface area contributed by atoms with Crippen LogP contribution in [0.4, 0.5) is 0 Å². The Labute approximate surface area is 261 Å². The molecule has 0 spiro atoms. The molecule has 18 heteroatoms. The van der Waals surface area contributed by atoms with Gasteiger partial charge in [0, 0.05) is 93.1 Å². The van der Waals surface area contributed by atoms with Crippen LogP contribution in [-0.2, 0) is 34.6 Å². The molecule has 0 radical (unpaired) electrons. The van der Waals surface area contributed by atoms with E-state index in [4.69, 9.17) is 4.52 Å². The lowest BCUT2D eigenvalue weighted by Gasteiger charge is -2.23. The van der Waals surface area contributed by atoms with Gasteiger partial charge in [-0.15, -0.1) is 0 Å². The number of aromatic nitrogens is 1. The zero-order chi connectivity index (χ0) is 33.7. The van der Waals surface area contributed by atoms with Gasteiger partial charge in [0.15, 0.2) is 0 Å². The molecule has 5 aromatic rings. The summed E-state index contributed by atoms with van der Waals surface area (Å²) in [4.78, 5) is 21.8. The SMILES string of the molecule is CN(C)S(=O)(=O)c1cc(OP(=O)(O)O)c2ccc3c(S(=O)(=O)N(C)C)cc(S(=O)(=O)N(C)C)c4ccc1c2c34.c1ccncc1. The van der Waals surface area contributed by atoms with Crippen molar-refractivity contribution in [2.75, 3.05) is 42.3 Å². The minimum Gasteiger partial charge on any atom is -0.404 e. The molecule has 45 heavy (non-hydrogen) atoms. The number of phosphoric ester groups is 1. The van der Waals surface area contributed by atoms with Gasteiger partial charge in [-0.3, -0.25) is 14.8 Å². The average molecular weight is 699 g/mol. The molecule has 4 aromatic carbocycles. The van der Waals surface area contributed by atoms with Crippen molar-refractivity contribution < 1.29 is 44.1 Å². The highest BCUT2D eigenvalue weighted by atomic mass is 32.2. The van der Waals surface area contributed by atoms with Gasteiger partial charge < -0.3 is 4.52 Å². The molecule has 0 saturated carbocycles. The molecule has 14 nitrogen and oxygen atoms in total. The third-order valence-corrected chi connectivity index (χ3v) is 12.8.